The first-order chi connectivity index (χ1) is 8.24. The van der Waals surface area contributed by atoms with Crippen LogP contribution in [0.4, 0.5) is 5.82 Å². The monoisotopic (exact) mass is 289 g/mol. The van der Waals surface area contributed by atoms with Gasteiger partial charge in [-0.25, -0.2) is 9.97 Å². The minimum absolute atomic E-state index is 0.403. The van der Waals surface area contributed by atoms with Gasteiger partial charge in [0.2, 0.25) is 5.89 Å². The number of nitrogens with two attached hydrogens (primary N) is 1. The van der Waals surface area contributed by atoms with Gasteiger partial charge in [-0.2, -0.15) is 0 Å². The van der Waals surface area contributed by atoms with Gasteiger partial charge in [-0.05, 0) is 34.1 Å². The summed E-state index contributed by atoms with van der Waals surface area (Å²) in [5, 5.41) is 0. The van der Waals surface area contributed by atoms with Crippen molar-refractivity contribution >= 4 is 32.8 Å². The van der Waals surface area contributed by atoms with Crippen molar-refractivity contribution in [1.82, 2.24) is 9.97 Å². The van der Waals surface area contributed by atoms with Crippen LogP contribution in [0.25, 0.3) is 22.6 Å². The van der Waals surface area contributed by atoms with Crippen molar-refractivity contribution in [2.45, 2.75) is 0 Å². The van der Waals surface area contributed by atoms with Crippen molar-refractivity contribution in [2.24, 2.45) is 0 Å². The van der Waals surface area contributed by atoms with Crippen LogP contribution in [0.15, 0.2) is 45.4 Å². The van der Waals surface area contributed by atoms with E-state index in [4.69, 9.17) is 10.2 Å². The summed E-state index contributed by atoms with van der Waals surface area (Å²) in [6.45, 7) is 0. The Morgan fingerprint density at radius 3 is 2.88 bits per heavy atom. The molecule has 4 nitrogen and oxygen atoms in total. The van der Waals surface area contributed by atoms with Crippen LogP contribution in [0.2, 0.25) is 0 Å². The first kappa shape index (κ1) is 10.3. The Bertz CT molecular complexity index is 660. The van der Waals surface area contributed by atoms with Gasteiger partial charge in [-0.1, -0.05) is 12.1 Å². The van der Waals surface area contributed by atoms with E-state index in [9.17, 15) is 0 Å². The number of hydrogen-bond donors (Lipinski definition) is 1. The molecule has 1 aromatic carbocycles. The molecule has 0 saturated carbocycles. The van der Waals surface area contributed by atoms with Gasteiger partial charge in [-0.3, -0.25) is 0 Å². The Kier molecular flexibility index (Phi) is 2.33. The highest BCUT2D eigenvalue weighted by atomic mass is 79.9. The van der Waals surface area contributed by atoms with E-state index < -0.39 is 0 Å². The maximum absolute atomic E-state index is 5.81. The van der Waals surface area contributed by atoms with Crippen LogP contribution in [-0.2, 0) is 0 Å². The number of halogens is 1. The molecule has 3 aromatic rings. The first-order valence-electron chi connectivity index (χ1n) is 5.01. The average molecular weight is 290 g/mol. The molecule has 0 aliphatic carbocycles. The summed E-state index contributed by atoms with van der Waals surface area (Å²) in [7, 11) is 0. The van der Waals surface area contributed by atoms with Crippen LogP contribution >= 0.6 is 15.9 Å². The highest BCUT2D eigenvalue weighted by Gasteiger charge is 2.11. The lowest BCUT2D eigenvalue weighted by Gasteiger charge is -1.99. The molecule has 17 heavy (non-hydrogen) atoms. The molecule has 0 aliphatic rings. The molecule has 0 fully saturated rings. The van der Waals surface area contributed by atoms with E-state index >= 15 is 0 Å². The normalized spacial score (nSPS) is 10.9. The maximum atomic E-state index is 5.81. The summed E-state index contributed by atoms with van der Waals surface area (Å²) in [6.07, 6.45) is 1.64. The van der Waals surface area contributed by atoms with Gasteiger partial charge in [0.1, 0.15) is 11.3 Å². The third-order valence-electron chi connectivity index (χ3n) is 2.41. The molecule has 0 amide bonds. The number of pyridine rings is 1. The fourth-order valence-corrected chi connectivity index (χ4v) is 1.94. The molecule has 0 aliphatic heterocycles. The highest BCUT2D eigenvalue weighted by molar-refractivity contribution is 9.10. The van der Waals surface area contributed by atoms with Gasteiger partial charge in [0.05, 0.1) is 5.56 Å². The van der Waals surface area contributed by atoms with Crippen molar-refractivity contribution < 1.29 is 4.42 Å². The smallest absolute Gasteiger partial charge is 0.231 e. The Morgan fingerprint density at radius 2 is 2.06 bits per heavy atom. The number of oxazole rings is 1. The summed E-state index contributed by atoms with van der Waals surface area (Å²) >= 11 is 3.35. The Hall–Kier alpha value is -1.88. The zero-order valence-corrected chi connectivity index (χ0v) is 10.3. The fraction of sp³-hybridized carbons (Fsp3) is 0. The number of aromatic nitrogens is 2. The summed E-state index contributed by atoms with van der Waals surface area (Å²) in [5.41, 5.74) is 8.05. The van der Waals surface area contributed by atoms with Crippen molar-refractivity contribution in [2.75, 3.05) is 5.73 Å². The van der Waals surface area contributed by atoms with Crippen LogP contribution in [0.1, 0.15) is 0 Å². The van der Waals surface area contributed by atoms with E-state index in [0.29, 0.717) is 17.3 Å². The quantitative estimate of drug-likeness (QED) is 0.747. The van der Waals surface area contributed by atoms with Crippen molar-refractivity contribution in [3.8, 4) is 11.5 Å². The summed E-state index contributed by atoms with van der Waals surface area (Å²) < 4.78 is 6.47. The van der Waals surface area contributed by atoms with Gasteiger partial charge >= 0.3 is 0 Å². The SMILES string of the molecule is Nc1ncc(Br)cc1-c1nc2ccccc2o1. The zero-order valence-electron chi connectivity index (χ0n) is 8.72. The number of para-hydroxylation sites is 2. The molecule has 0 atom stereocenters. The van der Waals surface area contributed by atoms with Crippen LogP contribution in [-0.4, -0.2) is 9.97 Å². The second-order valence-electron chi connectivity index (χ2n) is 3.57. The number of nitrogens with zero attached hydrogens (tertiary/aromatic N) is 2. The molecule has 0 radical (unpaired) electrons. The lowest BCUT2D eigenvalue weighted by atomic mass is 10.2. The van der Waals surface area contributed by atoms with Gasteiger partial charge in [0.15, 0.2) is 5.58 Å². The number of hydrogen-bond acceptors (Lipinski definition) is 4. The molecule has 0 spiro atoms. The van der Waals surface area contributed by atoms with Crippen LogP contribution in [0, 0.1) is 0 Å². The van der Waals surface area contributed by atoms with Crippen molar-refractivity contribution in [3.05, 3.63) is 41.0 Å². The first-order valence-corrected chi connectivity index (χ1v) is 5.80. The lowest BCUT2D eigenvalue weighted by molar-refractivity contribution is 0.620. The van der Waals surface area contributed by atoms with Crippen molar-refractivity contribution in [3.63, 3.8) is 0 Å². The van der Waals surface area contributed by atoms with Gasteiger partial charge in [0.25, 0.3) is 0 Å². The summed E-state index contributed by atoms with van der Waals surface area (Å²) in [6, 6.07) is 9.42. The molecule has 84 valence electrons. The number of benzene rings is 1. The Labute approximate surface area is 106 Å². The topological polar surface area (TPSA) is 64.9 Å². The van der Waals surface area contributed by atoms with Crippen molar-refractivity contribution in [1.29, 1.82) is 0 Å². The minimum atomic E-state index is 0.403. The fourth-order valence-electron chi connectivity index (χ4n) is 1.61. The molecule has 2 N–H and O–H groups in total. The Balaban J connectivity index is 2.23. The predicted molar refractivity (Wildman–Crippen MR) is 69.4 cm³/mol. The van der Waals surface area contributed by atoms with E-state index in [1.165, 1.54) is 0 Å². The number of rotatable bonds is 1. The van der Waals surface area contributed by atoms with Gasteiger partial charge in [0, 0.05) is 10.7 Å². The molecule has 0 saturated heterocycles. The van der Waals surface area contributed by atoms with E-state index in [2.05, 4.69) is 25.9 Å². The van der Waals surface area contributed by atoms with Gasteiger partial charge in [-0.15, -0.1) is 0 Å². The van der Waals surface area contributed by atoms with E-state index in [1.807, 2.05) is 30.3 Å². The lowest BCUT2D eigenvalue weighted by Crippen LogP contribution is -1.93. The molecular formula is C12H8BrN3O. The number of fused-ring (bicyclic) bond motifs is 1. The molecular weight excluding hydrogens is 282 g/mol. The summed E-state index contributed by atoms with van der Waals surface area (Å²) in [5.74, 6) is 0.886. The van der Waals surface area contributed by atoms with Crippen LogP contribution in [0.3, 0.4) is 0 Å². The third kappa shape index (κ3) is 1.78. The molecule has 3 rings (SSSR count). The minimum Gasteiger partial charge on any atom is -0.436 e. The maximum Gasteiger partial charge on any atom is 0.231 e. The molecule has 5 heteroatoms. The summed E-state index contributed by atoms with van der Waals surface area (Å²) in [4.78, 5) is 8.43. The molecule has 0 bridgehead atoms. The molecule has 2 aromatic heterocycles. The molecule has 0 unspecified atom stereocenters. The Morgan fingerprint density at radius 1 is 1.24 bits per heavy atom. The average Bonchev–Trinajstić information content (AvgIpc) is 2.75. The second-order valence-corrected chi connectivity index (χ2v) is 4.49. The largest absolute Gasteiger partial charge is 0.436 e. The predicted octanol–water partition coefficient (Wildman–Crippen LogP) is 3.23. The number of nitrogen functional groups attached to an aromatic ring is 1. The number of anilines is 1. The van der Waals surface area contributed by atoms with E-state index in [1.54, 1.807) is 6.20 Å². The zero-order chi connectivity index (χ0) is 11.8. The standard InChI is InChI=1S/C12H8BrN3O/c13-7-5-8(11(14)15-6-7)12-16-9-3-1-2-4-10(9)17-12/h1-6H,(H2,14,15). The van der Waals surface area contributed by atoms with E-state index in [0.717, 1.165) is 15.6 Å². The second kappa shape index (κ2) is 3.85. The van der Waals surface area contributed by atoms with Crippen LogP contribution in [0.5, 0.6) is 0 Å². The van der Waals surface area contributed by atoms with Crippen LogP contribution < -0.4 is 5.73 Å². The highest BCUT2D eigenvalue weighted by Crippen LogP contribution is 2.29. The third-order valence-corrected chi connectivity index (χ3v) is 2.84. The van der Waals surface area contributed by atoms with Gasteiger partial charge < -0.3 is 10.2 Å². The molecule has 2 heterocycles. The van der Waals surface area contributed by atoms with E-state index in [-0.39, 0.29) is 0 Å².